The highest BCUT2D eigenvalue weighted by molar-refractivity contribution is 7.99. The molecule has 0 saturated carbocycles. The fourth-order valence-corrected chi connectivity index (χ4v) is 1.66. The fraction of sp³-hybridized carbons (Fsp3) is 0.417. The van der Waals surface area contributed by atoms with Crippen LogP contribution in [0.2, 0.25) is 0 Å². The first-order valence-corrected chi connectivity index (χ1v) is 6.51. The van der Waals surface area contributed by atoms with Gasteiger partial charge in [-0.15, -0.1) is 0 Å². The van der Waals surface area contributed by atoms with E-state index in [2.05, 4.69) is 12.2 Å². The van der Waals surface area contributed by atoms with E-state index >= 15 is 0 Å². The average Bonchev–Trinajstić information content (AvgIpc) is 2.25. The maximum absolute atomic E-state index is 11.9. The van der Waals surface area contributed by atoms with Crippen LogP contribution in [-0.2, 0) is 0 Å². The molecule has 0 bridgehead atoms. The van der Waals surface area contributed by atoms with E-state index in [9.17, 15) is 4.79 Å². The summed E-state index contributed by atoms with van der Waals surface area (Å²) >= 11 is 1.72. The molecule has 1 unspecified atom stereocenters. The van der Waals surface area contributed by atoms with E-state index in [4.69, 9.17) is 5.73 Å². The molecule has 4 heteroatoms. The summed E-state index contributed by atoms with van der Waals surface area (Å²) in [6.45, 7) is 4.63. The largest absolute Gasteiger partial charge is 0.398 e. The topological polar surface area (TPSA) is 55.1 Å². The summed E-state index contributed by atoms with van der Waals surface area (Å²) in [7, 11) is 0. The lowest BCUT2D eigenvalue weighted by Gasteiger charge is -2.12. The molecule has 88 valence electrons. The van der Waals surface area contributed by atoms with Gasteiger partial charge in [0.05, 0.1) is 5.56 Å². The van der Waals surface area contributed by atoms with Gasteiger partial charge >= 0.3 is 0 Å². The second-order valence-electron chi connectivity index (χ2n) is 3.80. The Balaban J connectivity index is 2.73. The Morgan fingerprint density at radius 1 is 1.56 bits per heavy atom. The van der Waals surface area contributed by atoms with Gasteiger partial charge in [-0.3, -0.25) is 4.79 Å². The highest BCUT2D eigenvalue weighted by Gasteiger charge is 2.12. The number of rotatable bonds is 4. The summed E-state index contributed by atoms with van der Waals surface area (Å²) in [5.74, 6) is -0.0866. The Morgan fingerprint density at radius 3 is 2.81 bits per heavy atom. The highest BCUT2D eigenvalue weighted by atomic mass is 32.2. The van der Waals surface area contributed by atoms with E-state index in [-0.39, 0.29) is 5.91 Å². The average molecular weight is 238 g/mol. The van der Waals surface area contributed by atoms with Crippen molar-refractivity contribution in [3.8, 4) is 0 Å². The van der Waals surface area contributed by atoms with Crippen molar-refractivity contribution in [2.75, 3.05) is 18.5 Å². The molecular formula is C12H18N2OS. The molecule has 1 rings (SSSR count). The summed E-state index contributed by atoms with van der Waals surface area (Å²) in [6.07, 6.45) is 2.03. The standard InChI is InChI=1S/C12H18N2OS/c1-8-5-4-6-10(13)11(8)12(15)14-7-9(2)16-3/h4-6,9H,7,13H2,1-3H3,(H,14,15). The van der Waals surface area contributed by atoms with Crippen LogP contribution in [0.5, 0.6) is 0 Å². The van der Waals surface area contributed by atoms with Crippen molar-refractivity contribution in [1.29, 1.82) is 0 Å². The number of amides is 1. The van der Waals surface area contributed by atoms with Crippen LogP contribution >= 0.6 is 11.8 Å². The molecule has 3 N–H and O–H groups in total. The Bertz CT molecular complexity index is 359. The summed E-state index contributed by atoms with van der Waals surface area (Å²) in [5, 5.41) is 3.30. The second kappa shape index (κ2) is 5.80. The number of aryl methyl sites for hydroxylation is 1. The van der Waals surface area contributed by atoms with Gasteiger partial charge in [0.25, 0.3) is 5.91 Å². The first kappa shape index (κ1) is 12.9. The van der Waals surface area contributed by atoms with Crippen molar-refractivity contribution in [2.45, 2.75) is 19.1 Å². The van der Waals surface area contributed by atoms with Crippen LogP contribution in [0.3, 0.4) is 0 Å². The van der Waals surface area contributed by atoms with Gasteiger partial charge in [-0.1, -0.05) is 19.1 Å². The third kappa shape index (κ3) is 3.17. The zero-order valence-electron chi connectivity index (χ0n) is 9.91. The number of nitrogens with two attached hydrogens (primary N) is 1. The molecule has 3 nitrogen and oxygen atoms in total. The van der Waals surface area contributed by atoms with Gasteiger partial charge in [0.2, 0.25) is 0 Å². The van der Waals surface area contributed by atoms with Crippen molar-refractivity contribution in [1.82, 2.24) is 5.32 Å². The molecule has 0 aliphatic carbocycles. The third-order valence-electron chi connectivity index (χ3n) is 2.48. The number of hydrogen-bond donors (Lipinski definition) is 2. The van der Waals surface area contributed by atoms with Crippen LogP contribution in [-0.4, -0.2) is 24.0 Å². The fourth-order valence-electron chi connectivity index (χ4n) is 1.41. The van der Waals surface area contributed by atoms with Crippen LogP contribution in [0.1, 0.15) is 22.8 Å². The van der Waals surface area contributed by atoms with Gasteiger partial charge in [-0.2, -0.15) is 11.8 Å². The summed E-state index contributed by atoms with van der Waals surface area (Å²) < 4.78 is 0. The minimum absolute atomic E-state index is 0.0866. The number of nitrogen functional groups attached to an aromatic ring is 1. The monoisotopic (exact) mass is 238 g/mol. The number of thioether (sulfide) groups is 1. The summed E-state index contributed by atoms with van der Waals surface area (Å²) in [5.41, 5.74) is 7.84. The number of benzene rings is 1. The summed E-state index contributed by atoms with van der Waals surface area (Å²) in [4.78, 5) is 11.9. The number of carbonyl (C=O) groups is 1. The van der Waals surface area contributed by atoms with Gasteiger partial charge in [0.15, 0.2) is 0 Å². The summed E-state index contributed by atoms with van der Waals surface area (Å²) in [6, 6.07) is 5.50. The predicted octanol–water partition coefficient (Wildman–Crippen LogP) is 2.06. The second-order valence-corrected chi connectivity index (χ2v) is 5.07. The van der Waals surface area contributed by atoms with Crippen molar-refractivity contribution < 1.29 is 4.79 Å². The smallest absolute Gasteiger partial charge is 0.253 e. The third-order valence-corrected chi connectivity index (χ3v) is 3.46. The van der Waals surface area contributed by atoms with Crippen molar-refractivity contribution >= 4 is 23.4 Å². The number of hydrogen-bond acceptors (Lipinski definition) is 3. The molecule has 0 aliphatic heterocycles. The Kier molecular flexibility index (Phi) is 4.68. The van der Waals surface area contributed by atoms with E-state index in [1.54, 1.807) is 17.8 Å². The minimum atomic E-state index is -0.0866. The molecule has 1 atom stereocenters. The van der Waals surface area contributed by atoms with Crippen LogP contribution in [0.4, 0.5) is 5.69 Å². The number of nitrogens with one attached hydrogen (secondary N) is 1. The van der Waals surface area contributed by atoms with E-state index in [1.165, 1.54) is 0 Å². The van der Waals surface area contributed by atoms with Crippen LogP contribution < -0.4 is 11.1 Å². The van der Waals surface area contributed by atoms with Crippen molar-refractivity contribution in [2.24, 2.45) is 0 Å². The molecule has 0 spiro atoms. The molecular weight excluding hydrogens is 220 g/mol. The quantitative estimate of drug-likeness (QED) is 0.789. The maximum Gasteiger partial charge on any atom is 0.253 e. The molecule has 0 radical (unpaired) electrons. The first-order valence-electron chi connectivity index (χ1n) is 5.22. The number of anilines is 1. The molecule has 1 aromatic carbocycles. The molecule has 1 aromatic rings. The van der Waals surface area contributed by atoms with Gasteiger partial charge in [-0.05, 0) is 24.8 Å². The van der Waals surface area contributed by atoms with Gasteiger partial charge in [0.1, 0.15) is 0 Å². The van der Waals surface area contributed by atoms with Gasteiger partial charge < -0.3 is 11.1 Å². The SMILES string of the molecule is CSC(C)CNC(=O)c1c(C)cccc1N. The lowest BCUT2D eigenvalue weighted by molar-refractivity contribution is 0.0954. The number of carbonyl (C=O) groups excluding carboxylic acids is 1. The lowest BCUT2D eigenvalue weighted by Crippen LogP contribution is -2.30. The minimum Gasteiger partial charge on any atom is -0.398 e. The van der Waals surface area contributed by atoms with Crippen LogP contribution in [0.15, 0.2) is 18.2 Å². The highest BCUT2D eigenvalue weighted by Crippen LogP contribution is 2.16. The Labute approximate surface area is 101 Å². The zero-order valence-corrected chi connectivity index (χ0v) is 10.7. The molecule has 0 heterocycles. The Morgan fingerprint density at radius 2 is 2.25 bits per heavy atom. The van der Waals surface area contributed by atoms with E-state index in [0.29, 0.717) is 23.0 Å². The molecule has 16 heavy (non-hydrogen) atoms. The first-order chi connectivity index (χ1) is 7.56. The molecule has 0 fully saturated rings. The normalized spacial score (nSPS) is 12.2. The molecule has 0 saturated heterocycles. The van der Waals surface area contributed by atoms with E-state index in [0.717, 1.165) is 5.56 Å². The lowest BCUT2D eigenvalue weighted by atomic mass is 10.1. The maximum atomic E-state index is 11.9. The Hall–Kier alpha value is -1.16. The van der Waals surface area contributed by atoms with Crippen molar-refractivity contribution in [3.05, 3.63) is 29.3 Å². The van der Waals surface area contributed by atoms with E-state index in [1.807, 2.05) is 25.3 Å². The van der Waals surface area contributed by atoms with E-state index < -0.39 is 0 Å². The van der Waals surface area contributed by atoms with Gasteiger partial charge in [-0.25, -0.2) is 0 Å². The van der Waals surface area contributed by atoms with Crippen LogP contribution in [0, 0.1) is 6.92 Å². The molecule has 1 amide bonds. The molecule has 0 aromatic heterocycles. The zero-order chi connectivity index (χ0) is 12.1. The molecule has 0 aliphatic rings. The van der Waals surface area contributed by atoms with Crippen molar-refractivity contribution in [3.63, 3.8) is 0 Å². The van der Waals surface area contributed by atoms with Crippen LogP contribution in [0.25, 0.3) is 0 Å². The predicted molar refractivity (Wildman–Crippen MR) is 70.9 cm³/mol. The van der Waals surface area contributed by atoms with Gasteiger partial charge in [0, 0.05) is 17.5 Å².